The van der Waals surface area contributed by atoms with E-state index in [-0.39, 0.29) is 42.2 Å². The van der Waals surface area contributed by atoms with Crippen LogP contribution in [0.3, 0.4) is 0 Å². The highest BCUT2D eigenvalue weighted by molar-refractivity contribution is 6.08. The van der Waals surface area contributed by atoms with Gasteiger partial charge in [0, 0.05) is 32.4 Å². The van der Waals surface area contributed by atoms with Crippen molar-refractivity contribution in [2.75, 3.05) is 20.2 Å². The van der Waals surface area contributed by atoms with Crippen molar-refractivity contribution in [2.24, 2.45) is 17.3 Å². The lowest BCUT2D eigenvalue weighted by Crippen LogP contribution is -2.50. The lowest BCUT2D eigenvalue weighted by atomic mass is 9.57. The van der Waals surface area contributed by atoms with Crippen molar-refractivity contribution < 1.29 is 28.7 Å². The van der Waals surface area contributed by atoms with Crippen molar-refractivity contribution in [1.82, 2.24) is 4.90 Å². The van der Waals surface area contributed by atoms with Crippen LogP contribution in [0.2, 0.25) is 0 Å². The molecule has 1 saturated heterocycles. The predicted molar refractivity (Wildman–Crippen MR) is 107 cm³/mol. The van der Waals surface area contributed by atoms with Crippen LogP contribution in [-0.4, -0.2) is 54.3 Å². The van der Waals surface area contributed by atoms with Gasteiger partial charge < -0.3 is 14.4 Å². The van der Waals surface area contributed by atoms with Crippen molar-refractivity contribution in [3.8, 4) is 0 Å². The van der Waals surface area contributed by atoms with Crippen LogP contribution in [0.5, 0.6) is 0 Å². The molecule has 0 N–H and O–H groups in total. The maximum atomic E-state index is 13.3. The zero-order valence-corrected chi connectivity index (χ0v) is 18.4. The average Bonchev–Trinajstić information content (AvgIpc) is 2.68. The van der Waals surface area contributed by atoms with Crippen LogP contribution in [0.1, 0.15) is 72.6 Å². The lowest BCUT2D eigenvalue weighted by molar-refractivity contribution is -0.154. The molecule has 0 bridgehead atoms. The smallest absolute Gasteiger partial charge is 0.410 e. The Bertz CT molecular complexity index is 652. The highest BCUT2D eigenvalue weighted by atomic mass is 16.6. The summed E-state index contributed by atoms with van der Waals surface area (Å²) in [6, 6.07) is 0. The van der Waals surface area contributed by atoms with Gasteiger partial charge in [-0.15, -0.1) is 0 Å². The molecule has 0 aromatic heterocycles. The number of esters is 1. The van der Waals surface area contributed by atoms with Crippen LogP contribution >= 0.6 is 0 Å². The van der Waals surface area contributed by atoms with Crippen molar-refractivity contribution in [2.45, 2.75) is 78.2 Å². The zero-order valence-electron chi connectivity index (χ0n) is 18.4. The fraction of sp³-hybridized carbons (Fsp3) is 0.818. The molecule has 0 aromatic carbocycles. The van der Waals surface area contributed by atoms with E-state index in [1.54, 1.807) is 4.90 Å². The predicted octanol–water partition coefficient (Wildman–Crippen LogP) is 3.53. The number of ketones is 2. The number of carbonyl (C=O) groups excluding carboxylic acids is 4. The summed E-state index contributed by atoms with van der Waals surface area (Å²) in [5, 5.41) is 0. The minimum absolute atomic E-state index is 0.0547. The van der Waals surface area contributed by atoms with E-state index in [4.69, 9.17) is 9.47 Å². The van der Waals surface area contributed by atoms with Crippen LogP contribution in [0.4, 0.5) is 4.79 Å². The molecule has 1 aliphatic carbocycles. The minimum atomic E-state index is -1.13. The van der Waals surface area contributed by atoms with Gasteiger partial charge in [0.15, 0.2) is 0 Å². The number of amides is 1. The molecule has 1 heterocycles. The number of nitrogens with zero attached hydrogens (tertiary/aromatic N) is 1. The second-order valence-corrected chi connectivity index (χ2v) is 9.51. The number of methoxy groups -OCH3 is 1. The molecule has 2 rings (SSSR count). The van der Waals surface area contributed by atoms with Gasteiger partial charge in [0.05, 0.1) is 12.5 Å². The number of hydrogen-bond acceptors (Lipinski definition) is 6. The molecule has 0 aromatic rings. The zero-order chi connectivity index (χ0) is 21.8. The normalized spacial score (nSPS) is 29.1. The first-order valence-corrected chi connectivity index (χ1v) is 10.6. The second kappa shape index (κ2) is 9.26. The number of carbonyl (C=O) groups is 4. The molecule has 164 valence electrons. The Morgan fingerprint density at radius 3 is 2.41 bits per heavy atom. The number of hydrogen-bond donors (Lipinski definition) is 0. The van der Waals surface area contributed by atoms with Gasteiger partial charge in [-0.25, -0.2) is 4.79 Å². The van der Waals surface area contributed by atoms with Crippen molar-refractivity contribution >= 4 is 23.6 Å². The van der Waals surface area contributed by atoms with E-state index >= 15 is 0 Å². The third-order valence-corrected chi connectivity index (χ3v) is 6.04. The number of rotatable bonds is 2. The first-order chi connectivity index (χ1) is 13.5. The maximum absolute atomic E-state index is 13.3. The summed E-state index contributed by atoms with van der Waals surface area (Å²) in [6.45, 7) is 8.29. The van der Waals surface area contributed by atoms with E-state index in [1.807, 2.05) is 27.7 Å². The molecule has 1 amide bonds. The van der Waals surface area contributed by atoms with E-state index in [9.17, 15) is 19.2 Å². The monoisotopic (exact) mass is 409 g/mol. The summed E-state index contributed by atoms with van der Waals surface area (Å²) >= 11 is 0. The highest BCUT2D eigenvalue weighted by Crippen LogP contribution is 2.48. The van der Waals surface area contributed by atoms with Gasteiger partial charge in [0.25, 0.3) is 0 Å². The first-order valence-electron chi connectivity index (χ1n) is 10.6. The van der Waals surface area contributed by atoms with Gasteiger partial charge in [-0.3, -0.25) is 14.4 Å². The van der Waals surface area contributed by atoms with E-state index < -0.39 is 17.1 Å². The van der Waals surface area contributed by atoms with Crippen LogP contribution in [0, 0.1) is 17.3 Å². The number of ether oxygens (including phenoxy) is 2. The molecule has 0 unspecified atom stereocenters. The standard InChI is InChI=1S/C22H35NO6/c1-15-12-16(14-19(26)28-5)22(18(25)13-15)9-7-11-23(10-6-8-17(22)24)20(27)29-21(2,3)4/h15-16H,6-14H2,1-5H3/t15-,16+,22+/m1/s1. The van der Waals surface area contributed by atoms with Crippen LogP contribution in [0.15, 0.2) is 0 Å². The largest absolute Gasteiger partial charge is 0.469 e. The molecule has 1 spiro atoms. The van der Waals surface area contributed by atoms with E-state index in [0.717, 1.165) is 0 Å². The topological polar surface area (TPSA) is 90.0 Å². The minimum Gasteiger partial charge on any atom is -0.469 e. The summed E-state index contributed by atoms with van der Waals surface area (Å²) in [6.07, 6.45) is 2.28. The quantitative estimate of drug-likeness (QED) is 0.512. The SMILES string of the molecule is COC(=O)C[C@@H]1C[C@@H](C)CC(=O)[C@@]12CCCN(C(=O)OC(C)(C)C)CCCC2=O. The fourth-order valence-electron chi connectivity index (χ4n) is 4.73. The number of Topliss-reactive ketones (excluding diaryl/α,β-unsaturated/α-hetero) is 2. The second-order valence-electron chi connectivity index (χ2n) is 9.51. The van der Waals surface area contributed by atoms with E-state index in [0.29, 0.717) is 45.2 Å². The Kier molecular flexibility index (Phi) is 7.46. The Morgan fingerprint density at radius 2 is 1.79 bits per heavy atom. The van der Waals surface area contributed by atoms with E-state index in [2.05, 4.69) is 0 Å². The molecule has 1 aliphatic heterocycles. The highest BCUT2D eigenvalue weighted by Gasteiger charge is 2.54. The molecule has 7 nitrogen and oxygen atoms in total. The van der Waals surface area contributed by atoms with Crippen molar-refractivity contribution in [3.63, 3.8) is 0 Å². The summed E-state index contributed by atoms with van der Waals surface area (Å²) in [5.74, 6) is -0.734. The molecule has 0 radical (unpaired) electrons. The molecule has 3 atom stereocenters. The third-order valence-electron chi connectivity index (χ3n) is 6.04. The van der Waals surface area contributed by atoms with Crippen LogP contribution < -0.4 is 0 Å². The fourth-order valence-corrected chi connectivity index (χ4v) is 4.73. The molecular weight excluding hydrogens is 374 g/mol. The molecular formula is C22H35NO6. The summed E-state index contributed by atoms with van der Waals surface area (Å²) in [7, 11) is 1.33. The average molecular weight is 410 g/mol. The Balaban J connectivity index is 2.24. The Hall–Kier alpha value is -1.92. The van der Waals surface area contributed by atoms with Crippen molar-refractivity contribution in [1.29, 1.82) is 0 Å². The van der Waals surface area contributed by atoms with E-state index in [1.165, 1.54) is 7.11 Å². The molecule has 2 fully saturated rings. The molecule has 29 heavy (non-hydrogen) atoms. The molecule has 2 aliphatic rings. The lowest BCUT2D eigenvalue weighted by Gasteiger charge is -2.43. The van der Waals surface area contributed by atoms with Gasteiger partial charge in [-0.2, -0.15) is 0 Å². The first kappa shape index (κ1) is 23.4. The third kappa shape index (κ3) is 5.58. The molecule has 1 saturated carbocycles. The maximum Gasteiger partial charge on any atom is 0.410 e. The summed E-state index contributed by atoms with van der Waals surface area (Å²) < 4.78 is 10.3. The van der Waals surface area contributed by atoms with Gasteiger partial charge >= 0.3 is 12.1 Å². The Morgan fingerprint density at radius 1 is 1.14 bits per heavy atom. The molecule has 7 heteroatoms. The summed E-state index contributed by atoms with van der Waals surface area (Å²) in [4.78, 5) is 52.6. The van der Waals surface area contributed by atoms with Gasteiger partial charge in [-0.1, -0.05) is 6.92 Å². The Labute approximate surface area is 173 Å². The van der Waals surface area contributed by atoms with Crippen LogP contribution in [-0.2, 0) is 23.9 Å². The van der Waals surface area contributed by atoms with Crippen LogP contribution in [0.25, 0.3) is 0 Å². The van der Waals surface area contributed by atoms with Crippen molar-refractivity contribution in [3.05, 3.63) is 0 Å². The van der Waals surface area contributed by atoms with Gasteiger partial charge in [0.2, 0.25) is 0 Å². The van der Waals surface area contributed by atoms with Gasteiger partial charge in [0.1, 0.15) is 17.2 Å². The summed E-state index contributed by atoms with van der Waals surface area (Å²) in [5.41, 5.74) is -1.72. The van der Waals surface area contributed by atoms with Gasteiger partial charge in [-0.05, 0) is 58.3 Å².